The van der Waals surface area contributed by atoms with Crippen LogP contribution in [0.2, 0.25) is 0 Å². The maximum Gasteiger partial charge on any atom is 0.00852 e. The van der Waals surface area contributed by atoms with Gasteiger partial charge in [-0.3, -0.25) is 0 Å². The van der Waals surface area contributed by atoms with Crippen molar-refractivity contribution < 1.29 is 0 Å². The lowest BCUT2D eigenvalue weighted by molar-refractivity contribution is 1.08. The van der Waals surface area contributed by atoms with Crippen LogP contribution in [0.1, 0.15) is 17.4 Å². The molecule has 56 valence electrons. The Kier molecular flexibility index (Phi) is 3.29. The van der Waals surface area contributed by atoms with Crippen molar-refractivity contribution in [3.8, 4) is 0 Å². The molecule has 0 atom stereocenters. The van der Waals surface area contributed by atoms with E-state index >= 15 is 0 Å². The fourth-order valence-corrected chi connectivity index (χ4v) is 2.36. The molecule has 0 spiro atoms. The molecule has 0 aliphatic rings. The molecule has 0 unspecified atom stereocenters. The van der Waals surface area contributed by atoms with E-state index < -0.39 is 0 Å². The molecular formula is C8H12S2. The molecule has 1 aromatic rings. The molecular weight excluding hydrogens is 160 g/mol. The lowest BCUT2D eigenvalue weighted by atomic mass is 10.2. The zero-order valence-corrected chi connectivity index (χ0v) is 7.84. The van der Waals surface area contributed by atoms with Gasteiger partial charge >= 0.3 is 0 Å². The number of thiol groups is 1. The van der Waals surface area contributed by atoms with Gasteiger partial charge in [-0.25, -0.2) is 0 Å². The summed E-state index contributed by atoms with van der Waals surface area (Å²) in [5.41, 5.74) is 1.50. The van der Waals surface area contributed by atoms with E-state index in [-0.39, 0.29) is 0 Å². The van der Waals surface area contributed by atoms with E-state index in [0.29, 0.717) is 0 Å². The van der Waals surface area contributed by atoms with Crippen LogP contribution in [0.15, 0.2) is 11.4 Å². The average molecular weight is 172 g/mol. The highest BCUT2D eigenvalue weighted by atomic mass is 32.1. The first kappa shape index (κ1) is 8.15. The zero-order chi connectivity index (χ0) is 7.40. The number of hydrogen-bond acceptors (Lipinski definition) is 2. The van der Waals surface area contributed by atoms with Crippen LogP contribution in [-0.2, 0) is 12.8 Å². The Balaban J connectivity index is 2.70. The molecule has 2 heteroatoms. The second-order valence-electron chi connectivity index (χ2n) is 2.20. The van der Waals surface area contributed by atoms with Gasteiger partial charge in [0, 0.05) is 4.88 Å². The molecule has 0 aliphatic carbocycles. The minimum absolute atomic E-state index is 0.966. The van der Waals surface area contributed by atoms with Crippen molar-refractivity contribution in [2.75, 3.05) is 5.75 Å². The number of rotatable bonds is 3. The summed E-state index contributed by atoms with van der Waals surface area (Å²) in [7, 11) is 0. The summed E-state index contributed by atoms with van der Waals surface area (Å²) < 4.78 is 0. The Morgan fingerprint density at radius 1 is 1.60 bits per heavy atom. The summed E-state index contributed by atoms with van der Waals surface area (Å²) in [5, 5.41) is 2.16. The summed E-state index contributed by atoms with van der Waals surface area (Å²) in [6, 6.07) is 2.21. The minimum atomic E-state index is 0.966. The van der Waals surface area contributed by atoms with E-state index in [1.807, 2.05) is 11.3 Å². The molecule has 0 amide bonds. The van der Waals surface area contributed by atoms with Crippen molar-refractivity contribution in [2.24, 2.45) is 0 Å². The van der Waals surface area contributed by atoms with Gasteiger partial charge in [0.1, 0.15) is 0 Å². The second-order valence-corrected chi connectivity index (χ2v) is 3.64. The number of thiophene rings is 1. The van der Waals surface area contributed by atoms with Gasteiger partial charge in [-0.15, -0.1) is 11.3 Å². The maximum atomic E-state index is 4.20. The minimum Gasteiger partial charge on any atom is -0.179 e. The van der Waals surface area contributed by atoms with Crippen LogP contribution >= 0.6 is 24.0 Å². The quantitative estimate of drug-likeness (QED) is 0.666. The highest BCUT2D eigenvalue weighted by molar-refractivity contribution is 7.80. The van der Waals surface area contributed by atoms with Crippen molar-refractivity contribution in [1.82, 2.24) is 0 Å². The molecule has 1 rings (SSSR count). The van der Waals surface area contributed by atoms with Gasteiger partial charge in [0.15, 0.2) is 0 Å². The lowest BCUT2D eigenvalue weighted by Gasteiger charge is -1.95. The molecule has 0 radical (unpaired) electrons. The van der Waals surface area contributed by atoms with Gasteiger partial charge in [-0.05, 0) is 35.6 Å². The Morgan fingerprint density at radius 2 is 2.40 bits per heavy atom. The third-order valence-corrected chi connectivity index (χ3v) is 2.80. The molecule has 0 aliphatic heterocycles. The average Bonchev–Trinajstić information content (AvgIpc) is 2.36. The normalized spacial score (nSPS) is 10.2. The molecule has 0 saturated heterocycles. The van der Waals surface area contributed by atoms with Gasteiger partial charge in [-0.2, -0.15) is 12.6 Å². The zero-order valence-electron chi connectivity index (χ0n) is 6.13. The molecule has 0 fully saturated rings. The number of hydrogen-bond donors (Lipinski definition) is 1. The maximum absolute atomic E-state index is 4.20. The molecule has 0 aromatic carbocycles. The van der Waals surface area contributed by atoms with Crippen molar-refractivity contribution in [3.63, 3.8) is 0 Å². The van der Waals surface area contributed by atoms with Gasteiger partial charge in [0.05, 0.1) is 0 Å². The summed E-state index contributed by atoms with van der Waals surface area (Å²) >= 11 is 6.05. The van der Waals surface area contributed by atoms with Crippen molar-refractivity contribution in [2.45, 2.75) is 19.8 Å². The molecule has 0 N–H and O–H groups in total. The van der Waals surface area contributed by atoms with Crippen molar-refractivity contribution in [3.05, 3.63) is 21.9 Å². The Morgan fingerprint density at radius 3 is 3.00 bits per heavy atom. The molecule has 1 aromatic heterocycles. The largest absolute Gasteiger partial charge is 0.179 e. The van der Waals surface area contributed by atoms with Crippen LogP contribution in [0, 0.1) is 0 Å². The fourth-order valence-electron chi connectivity index (χ4n) is 1.00. The smallest absolute Gasteiger partial charge is 0.00852 e. The molecule has 0 saturated carbocycles. The first-order valence-corrected chi connectivity index (χ1v) is 5.05. The van der Waals surface area contributed by atoms with Crippen LogP contribution in [0.5, 0.6) is 0 Å². The van der Waals surface area contributed by atoms with Crippen LogP contribution in [0.25, 0.3) is 0 Å². The van der Waals surface area contributed by atoms with Gasteiger partial charge in [0.25, 0.3) is 0 Å². The van der Waals surface area contributed by atoms with E-state index in [9.17, 15) is 0 Å². The third kappa shape index (κ3) is 1.77. The first-order chi connectivity index (χ1) is 4.88. The fraction of sp³-hybridized carbons (Fsp3) is 0.500. The second kappa shape index (κ2) is 4.04. The summed E-state index contributed by atoms with van der Waals surface area (Å²) in [5.74, 6) is 0.966. The summed E-state index contributed by atoms with van der Waals surface area (Å²) in [4.78, 5) is 1.51. The summed E-state index contributed by atoms with van der Waals surface area (Å²) in [6.07, 6.45) is 2.29. The SMILES string of the molecule is CCc1ccsc1CCS. The standard InChI is InChI=1S/C8H12S2/c1-2-7-4-6-10-8(7)3-5-9/h4,6,9H,2-3,5H2,1H3. The van der Waals surface area contributed by atoms with Crippen molar-refractivity contribution >= 4 is 24.0 Å². The third-order valence-electron chi connectivity index (χ3n) is 1.56. The predicted molar refractivity (Wildman–Crippen MR) is 51.3 cm³/mol. The Labute approximate surface area is 71.7 Å². The highest BCUT2D eigenvalue weighted by Gasteiger charge is 1.99. The highest BCUT2D eigenvalue weighted by Crippen LogP contribution is 2.17. The monoisotopic (exact) mass is 172 g/mol. The van der Waals surface area contributed by atoms with Crippen molar-refractivity contribution in [1.29, 1.82) is 0 Å². The van der Waals surface area contributed by atoms with Crippen LogP contribution in [0.4, 0.5) is 0 Å². The Hall–Kier alpha value is 0.0500. The first-order valence-electron chi connectivity index (χ1n) is 3.54. The van der Waals surface area contributed by atoms with Gasteiger partial charge in [0.2, 0.25) is 0 Å². The molecule has 0 bridgehead atoms. The van der Waals surface area contributed by atoms with Crippen LogP contribution < -0.4 is 0 Å². The molecule has 0 nitrogen and oxygen atoms in total. The van der Waals surface area contributed by atoms with Gasteiger partial charge in [-0.1, -0.05) is 6.92 Å². The molecule has 1 heterocycles. The molecule has 10 heavy (non-hydrogen) atoms. The topological polar surface area (TPSA) is 0 Å². The number of aryl methyl sites for hydroxylation is 2. The van der Waals surface area contributed by atoms with E-state index in [1.54, 1.807) is 0 Å². The Bertz CT molecular complexity index is 191. The van der Waals surface area contributed by atoms with Crippen LogP contribution in [0.3, 0.4) is 0 Å². The van der Waals surface area contributed by atoms with E-state index in [4.69, 9.17) is 0 Å². The lowest BCUT2D eigenvalue weighted by Crippen LogP contribution is -1.86. The predicted octanol–water partition coefficient (Wildman–Crippen LogP) is 2.78. The van der Waals surface area contributed by atoms with E-state index in [2.05, 4.69) is 31.0 Å². The van der Waals surface area contributed by atoms with Crippen LogP contribution in [-0.4, -0.2) is 5.75 Å². The van der Waals surface area contributed by atoms with E-state index in [1.165, 1.54) is 10.4 Å². The summed E-state index contributed by atoms with van der Waals surface area (Å²) in [6.45, 7) is 2.20. The van der Waals surface area contributed by atoms with Gasteiger partial charge < -0.3 is 0 Å². The van der Waals surface area contributed by atoms with E-state index in [0.717, 1.165) is 18.6 Å².